The number of ether oxygens (including phenoxy) is 1. The monoisotopic (exact) mass is 264 g/mol. The van der Waals surface area contributed by atoms with Crippen molar-refractivity contribution in [3.05, 3.63) is 29.3 Å². The van der Waals surface area contributed by atoms with E-state index in [0.29, 0.717) is 16.9 Å². The largest absolute Gasteiger partial charge is 0.497 e. The van der Waals surface area contributed by atoms with Crippen LogP contribution in [0.15, 0.2) is 18.2 Å². The van der Waals surface area contributed by atoms with Crippen LogP contribution in [0.25, 0.3) is 0 Å². The average Bonchev–Trinajstić information content (AvgIpc) is 2.37. The predicted octanol–water partition coefficient (Wildman–Crippen LogP) is 0.980. The molecule has 2 N–H and O–H groups in total. The Morgan fingerprint density at radius 2 is 1.84 bits per heavy atom. The molecule has 0 atom stereocenters. The summed E-state index contributed by atoms with van der Waals surface area (Å²) < 4.78 is 5.00. The zero-order valence-electron chi connectivity index (χ0n) is 10.2. The van der Waals surface area contributed by atoms with Crippen LogP contribution in [0.1, 0.15) is 22.3 Å². The second kappa shape index (κ2) is 4.38. The maximum Gasteiger partial charge on any atom is 0.321 e. The highest BCUT2D eigenvalue weighted by molar-refractivity contribution is 6.09. The van der Waals surface area contributed by atoms with Crippen LogP contribution in [0, 0.1) is 5.41 Å². The first-order chi connectivity index (χ1) is 8.90. The molecule has 0 aliphatic heterocycles. The van der Waals surface area contributed by atoms with E-state index in [9.17, 15) is 14.4 Å². The Kier molecular flexibility index (Phi) is 3.01. The van der Waals surface area contributed by atoms with Crippen LogP contribution < -0.4 is 4.74 Å². The fourth-order valence-corrected chi connectivity index (χ4v) is 2.27. The van der Waals surface area contributed by atoms with Crippen molar-refractivity contribution >= 4 is 17.7 Å². The van der Waals surface area contributed by atoms with Crippen LogP contribution in [0.3, 0.4) is 0 Å². The number of Topliss-reactive ketones (excluding diaryl/α,β-unsaturated/α-hetero) is 1. The van der Waals surface area contributed by atoms with E-state index < -0.39 is 29.6 Å². The number of hydrogen-bond donors (Lipinski definition) is 2. The topological polar surface area (TPSA) is 101 Å². The highest BCUT2D eigenvalue weighted by Gasteiger charge is 2.51. The minimum absolute atomic E-state index is 0.226. The van der Waals surface area contributed by atoms with Gasteiger partial charge >= 0.3 is 11.9 Å². The molecule has 0 radical (unpaired) electrons. The first kappa shape index (κ1) is 13.1. The first-order valence-corrected chi connectivity index (χ1v) is 5.57. The number of carbonyl (C=O) groups is 3. The second-order valence-electron chi connectivity index (χ2n) is 4.49. The van der Waals surface area contributed by atoms with Gasteiger partial charge in [0.2, 0.25) is 0 Å². The third-order valence-electron chi connectivity index (χ3n) is 3.39. The standard InChI is InChI=1S/C13H12O6/c1-19-8-2-3-9-7(4-8)5-13(11(15)16,12(17)18)6-10(9)14/h2-4H,5-6H2,1H3,(H,15,16)(H,17,18). The SMILES string of the molecule is COc1ccc2c(c1)CC(C(=O)O)(C(=O)O)CC2=O. The Bertz CT molecular complexity index is 560. The molecule has 0 fully saturated rings. The van der Waals surface area contributed by atoms with E-state index >= 15 is 0 Å². The molecule has 0 heterocycles. The Morgan fingerprint density at radius 3 is 2.37 bits per heavy atom. The van der Waals surface area contributed by atoms with Gasteiger partial charge in [0.15, 0.2) is 11.2 Å². The van der Waals surface area contributed by atoms with Crippen molar-refractivity contribution in [2.24, 2.45) is 5.41 Å². The molecule has 0 spiro atoms. The number of methoxy groups -OCH3 is 1. The number of aliphatic carboxylic acids is 2. The van der Waals surface area contributed by atoms with Gasteiger partial charge in [0.25, 0.3) is 0 Å². The lowest BCUT2D eigenvalue weighted by molar-refractivity contribution is -0.164. The number of rotatable bonds is 3. The maximum atomic E-state index is 11.9. The smallest absolute Gasteiger partial charge is 0.321 e. The van der Waals surface area contributed by atoms with E-state index in [1.54, 1.807) is 6.07 Å². The fraction of sp³-hybridized carbons (Fsp3) is 0.308. The van der Waals surface area contributed by atoms with Crippen LogP contribution in [0.2, 0.25) is 0 Å². The van der Waals surface area contributed by atoms with E-state index in [1.807, 2.05) is 0 Å². The first-order valence-electron chi connectivity index (χ1n) is 5.57. The number of hydrogen-bond acceptors (Lipinski definition) is 4. The van der Waals surface area contributed by atoms with Crippen LogP contribution in [0.4, 0.5) is 0 Å². The molecule has 0 unspecified atom stereocenters. The summed E-state index contributed by atoms with van der Waals surface area (Å²) in [6, 6.07) is 4.63. The lowest BCUT2D eigenvalue weighted by atomic mass is 9.71. The van der Waals surface area contributed by atoms with Gasteiger partial charge in [-0.15, -0.1) is 0 Å². The Labute approximate surface area is 108 Å². The second-order valence-corrected chi connectivity index (χ2v) is 4.49. The molecular formula is C13H12O6. The van der Waals surface area contributed by atoms with Crippen molar-refractivity contribution < 1.29 is 29.3 Å². The van der Waals surface area contributed by atoms with Crippen molar-refractivity contribution in [1.29, 1.82) is 0 Å². The number of carboxylic acid groups (broad SMARTS) is 2. The summed E-state index contributed by atoms with van der Waals surface area (Å²) in [7, 11) is 1.44. The van der Waals surface area contributed by atoms with Gasteiger partial charge in [0, 0.05) is 18.4 Å². The van der Waals surface area contributed by atoms with Gasteiger partial charge < -0.3 is 14.9 Å². The minimum Gasteiger partial charge on any atom is -0.497 e. The van der Waals surface area contributed by atoms with Crippen LogP contribution >= 0.6 is 0 Å². The summed E-state index contributed by atoms with van der Waals surface area (Å²) in [4.78, 5) is 34.5. The van der Waals surface area contributed by atoms with Crippen LogP contribution in [-0.4, -0.2) is 35.0 Å². The molecule has 1 aromatic carbocycles. The van der Waals surface area contributed by atoms with Gasteiger partial charge in [0.1, 0.15) is 5.75 Å². The molecule has 0 amide bonds. The van der Waals surface area contributed by atoms with Crippen molar-refractivity contribution in [2.75, 3.05) is 7.11 Å². The van der Waals surface area contributed by atoms with E-state index in [0.717, 1.165) is 0 Å². The summed E-state index contributed by atoms with van der Waals surface area (Å²) in [5, 5.41) is 18.3. The lowest BCUT2D eigenvalue weighted by Gasteiger charge is -2.29. The van der Waals surface area contributed by atoms with Crippen LogP contribution in [-0.2, 0) is 16.0 Å². The summed E-state index contributed by atoms with van der Waals surface area (Å²) in [5.41, 5.74) is -1.34. The van der Waals surface area contributed by atoms with Crippen molar-refractivity contribution in [3.63, 3.8) is 0 Å². The molecule has 0 bridgehead atoms. The Hall–Kier alpha value is -2.37. The fourth-order valence-electron chi connectivity index (χ4n) is 2.27. The van der Waals surface area contributed by atoms with Gasteiger partial charge in [-0.3, -0.25) is 14.4 Å². The highest BCUT2D eigenvalue weighted by atomic mass is 16.5. The molecule has 19 heavy (non-hydrogen) atoms. The summed E-state index contributed by atoms with van der Waals surface area (Å²) in [5.74, 6) is -3.02. The molecule has 6 nitrogen and oxygen atoms in total. The zero-order valence-corrected chi connectivity index (χ0v) is 10.2. The van der Waals surface area contributed by atoms with Gasteiger partial charge in [0.05, 0.1) is 7.11 Å². The molecule has 6 heteroatoms. The highest BCUT2D eigenvalue weighted by Crippen LogP contribution is 2.37. The molecule has 0 saturated carbocycles. The Balaban J connectivity index is 2.55. The number of carboxylic acids is 2. The average molecular weight is 264 g/mol. The van der Waals surface area contributed by atoms with Crippen LogP contribution in [0.5, 0.6) is 5.75 Å². The van der Waals surface area contributed by atoms with Gasteiger partial charge in [-0.05, 0) is 23.8 Å². The molecule has 0 aromatic heterocycles. The van der Waals surface area contributed by atoms with E-state index in [2.05, 4.69) is 0 Å². The van der Waals surface area contributed by atoms with Crippen molar-refractivity contribution in [1.82, 2.24) is 0 Å². The number of benzene rings is 1. The molecule has 1 aromatic rings. The van der Waals surface area contributed by atoms with Gasteiger partial charge in [-0.25, -0.2) is 0 Å². The molecular weight excluding hydrogens is 252 g/mol. The lowest BCUT2D eigenvalue weighted by Crippen LogP contribution is -2.45. The third kappa shape index (κ3) is 1.95. The summed E-state index contributed by atoms with van der Waals surface area (Å²) in [6.07, 6.45) is -0.757. The number of ketones is 1. The molecule has 2 rings (SSSR count). The van der Waals surface area contributed by atoms with E-state index in [-0.39, 0.29) is 6.42 Å². The Morgan fingerprint density at radius 1 is 1.21 bits per heavy atom. The number of fused-ring (bicyclic) bond motifs is 1. The van der Waals surface area contributed by atoms with E-state index in [4.69, 9.17) is 14.9 Å². The molecule has 100 valence electrons. The maximum absolute atomic E-state index is 11.9. The summed E-state index contributed by atoms with van der Waals surface area (Å²) >= 11 is 0. The van der Waals surface area contributed by atoms with Crippen molar-refractivity contribution in [3.8, 4) is 5.75 Å². The number of carbonyl (C=O) groups excluding carboxylic acids is 1. The summed E-state index contributed by atoms with van der Waals surface area (Å²) in [6.45, 7) is 0. The van der Waals surface area contributed by atoms with E-state index in [1.165, 1.54) is 19.2 Å². The molecule has 1 aliphatic carbocycles. The zero-order chi connectivity index (χ0) is 14.2. The quantitative estimate of drug-likeness (QED) is 0.789. The third-order valence-corrected chi connectivity index (χ3v) is 3.39. The van der Waals surface area contributed by atoms with Gasteiger partial charge in [-0.1, -0.05) is 0 Å². The van der Waals surface area contributed by atoms with Gasteiger partial charge in [-0.2, -0.15) is 0 Å². The molecule has 0 saturated heterocycles. The predicted molar refractivity (Wildman–Crippen MR) is 63.4 cm³/mol. The molecule has 1 aliphatic rings. The normalized spacial score (nSPS) is 16.6. The minimum atomic E-state index is -2.09. The van der Waals surface area contributed by atoms with Crippen molar-refractivity contribution in [2.45, 2.75) is 12.8 Å².